The highest BCUT2D eigenvalue weighted by Gasteiger charge is 2.19. The van der Waals surface area contributed by atoms with Crippen LogP contribution in [0, 0.1) is 12.7 Å². The van der Waals surface area contributed by atoms with E-state index in [4.69, 9.17) is 0 Å². The fraction of sp³-hybridized carbons (Fsp3) is 0.200. The Labute approximate surface area is 145 Å². The normalized spacial score (nSPS) is 10.8. The van der Waals surface area contributed by atoms with Crippen molar-refractivity contribution in [2.45, 2.75) is 13.5 Å². The molecular weight excluding hydrogens is 379 g/mol. The number of nitrogens with zero attached hydrogens (tertiary/aromatic N) is 5. The fourth-order valence-corrected chi connectivity index (χ4v) is 2.63. The van der Waals surface area contributed by atoms with Gasteiger partial charge < -0.3 is 0 Å². The minimum Gasteiger partial charge on any atom is -0.288 e. The van der Waals surface area contributed by atoms with E-state index < -0.39 is 5.91 Å². The second kappa shape index (κ2) is 6.52. The lowest BCUT2D eigenvalue weighted by Gasteiger charge is -2.02. The van der Waals surface area contributed by atoms with Crippen molar-refractivity contribution in [3.63, 3.8) is 0 Å². The van der Waals surface area contributed by atoms with Gasteiger partial charge in [-0.25, -0.2) is 14.1 Å². The number of carbonyl (C=O) groups is 1. The van der Waals surface area contributed by atoms with E-state index in [1.165, 1.54) is 17.1 Å². The van der Waals surface area contributed by atoms with Crippen molar-refractivity contribution in [3.8, 4) is 0 Å². The van der Waals surface area contributed by atoms with Crippen LogP contribution in [-0.2, 0) is 13.6 Å². The Balaban J connectivity index is 1.73. The molecule has 2 heterocycles. The first-order valence-electron chi connectivity index (χ1n) is 7.09. The van der Waals surface area contributed by atoms with Crippen molar-refractivity contribution in [1.29, 1.82) is 0 Å². The quantitative estimate of drug-likeness (QED) is 0.739. The summed E-state index contributed by atoms with van der Waals surface area (Å²) in [6.45, 7) is 2.07. The van der Waals surface area contributed by atoms with Gasteiger partial charge in [0, 0.05) is 12.6 Å². The van der Waals surface area contributed by atoms with Crippen molar-refractivity contribution in [2.75, 3.05) is 5.32 Å². The monoisotopic (exact) mass is 392 g/mol. The zero-order valence-electron chi connectivity index (χ0n) is 13.0. The molecule has 1 amide bonds. The Morgan fingerprint density at radius 2 is 2.08 bits per heavy atom. The predicted molar refractivity (Wildman–Crippen MR) is 89.1 cm³/mol. The Hall–Kier alpha value is -2.55. The largest absolute Gasteiger partial charge is 0.288 e. The maximum atomic E-state index is 13.7. The summed E-state index contributed by atoms with van der Waals surface area (Å²) in [5, 5.41) is 10.8. The third-order valence-electron chi connectivity index (χ3n) is 3.53. The van der Waals surface area contributed by atoms with Gasteiger partial charge in [-0.15, -0.1) is 5.10 Å². The van der Waals surface area contributed by atoms with Crippen LogP contribution in [0.5, 0.6) is 0 Å². The summed E-state index contributed by atoms with van der Waals surface area (Å²) in [6.07, 6.45) is 1.43. The molecule has 0 fully saturated rings. The molecule has 2 aromatic heterocycles. The second-order valence-electron chi connectivity index (χ2n) is 5.18. The average Bonchev–Trinajstić information content (AvgIpc) is 3.09. The number of amides is 1. The van der Waals surface area contributed by atoms with Gasteiger partial charge in [0.1, 0.15) is 12.1 Å². The molecule has 0 atom stereocenters. The number of rotatable bonds is 4. The average molecular weight is 393 g/mol. The van der Waals surface area contributed by atoms with Gasteiger partial charge in [0.2, 0.25) is 5.95 Å². The standard InChI is InChI=1S/C15H14BrFN6O/c1-9-12(16)13(20-22(9)2)14(24)19-15-18-8-23(21-15)7-10-5-3-4-6-11(10)17/h3-6,8H,7H2,1-2H3,(H,19,21,24). The Kier molecular flexibility index (Phi) is 4.43. The Morgan fingerprint density at radius 1 is 1.33 bits per heavy atom. The Bertz CT molecular complexity index is 903. The molecule has 1 N–H and O–H groups in total. The van der Waals surface area contributed by atoms with Crippen LogP contribution in [0.3, 0.4) is 0 Å². The number of aryl methyl sites for hydroxylation is 1. The van der Waals surface area contributed by atoms with Crippen molar-refractivity contribution in [2.24, 2.45) is 7.05 Å². The molecule has 0 bridgehead atoms. The molecule has 0 radical (unpaired) electrons. The number of nitrogens with one attached hydrogen (secondary N) is 1. The van der Waals surface area contributed by atoms with Gasteiger partial charge in [-0.1, -0.05) is 18.2 Å². The molecule has 0 aliphatic rings. The molecule has 0 aliphatic heterocycles. The summed E-state index contributed by atoms with van der Waals surface area (Å²) in [5.41, 5.74) is 1.57. The number of carbonyl (C=O) groups excluding carboxylic acids is 1. The number of hydrogen-bond donors (Lipinski definition) is 1. The summed E-state index contributed by atoms with van der Waals surface area (Å²) in [5.74, 6) is -0.604. The molecule has 24 heavy (non-hydrogen) atoms. The van der Waals surface area contributed by atoms with E-state index >= 15 is 0 Å². The summed E-state index contributed by atoms with van der Waals surface area (Å²) in [4.78, 5) is 16.3. The molecule has 124 valence electrons. The zero-order chi connectivity index (χ0) is 17.3. The molecular formula is C15H14BrFN6O. The van der Waals surface area contributed by atoms with E-state index in [2.05, 4.69) is 36.4 Å². The van der Waals surface area contributed by atoms with Gasteiger partial charge in [-0.05, 0) is 28.9 Å². The molecule has 0 spiro atoms. The molecule has 9 heteroatoms. The highest BCUT2D eigenvalue weighted by Crippen LogP contribution is 2.20. The molecule has 0 saturated carbocycles. The molecule has 1 aromatic carbocycles. The van der Waals surface area contributed by atoms with Crippen LogP contribution in [-0.4, -0.2) is 30.5 Å². The van der Waals surface area contributed by atoms with Gasteiger partial charge >= 0.3 is 0 Å². The maximum absolute atomic E-state index is 13.7. The molecule has 3 rings (SSSR count). The first kappa shape index (κ1) is 16.3. The van der Waals surface area contributed by atoms with E-state index in [1.807, 2.05) is 6.92 Å². The van der Waals surface area contributed by atoms with Crippen LogP contribution in [0.4, 0.5) is 10.3 Å². The lowest BCUT2D eigenvalue weighted by Crippen LogP contribution is -2.15. The minimum atomic E-state index is -0.422. The fourth-order valence-electron chi connectivity index (χ4n) is 2.12. The molecule has 0 aliphatic carbocycles. The van der Waals surface area contributed by atoms with Crippen LogP contribution in [0.25, 0.3) is 0 Å². The molecule has 7 nitrogen and oxygen atoms in total. The second-order valence-corrected chi connectivity index (χ2v) is 5.98. The SMILES string of the molecule is Cc1c(Br)c(C(=O)Nc2ncn(Cc3ccccc3F)n2)nn1C. The van der Waals surface area contributed by atoms with Crippen LogP contribution in [0.2, 0.25) is 0 Å². The van der Waals surface area contributed by atoms with E-state index in [0.29, 0.717) is 10.0 Å². The van der Waals surface area contributed by atoms with Gasteiger partial charge in [0.05, 0.1) is 16.7 Å². The first-order valence-corrected chi connectivity index (χ1v) is 7.88. The third-order valence-corrected chi connectivity index (χ3v) is 4.48. The first-order chi connectivity index (χ1) is 11.5. The van der Waals surface area contributed by atoms with Crippen LogP contribution in [0.15, 0.2) is 35.1 Å². The summed E-state index contributed by atoms with van der Waals surface area (Å²) in [7, 11) is 1.75. The van der Waals surface area contributed by atoms with Crippen molar-refractivity contribution >= 4 is 27.8 Å². The van der Waals surface area contributed by atoms with E-state index in [9.17, 15) is 9.18 Å². The number of halogens is 2. The van der Waals surface area contributed by atoms with E-state index in [1.54, 1.807) is 29.9 Å². The zero-order valence-corrected chi connectivity index (χ0v) is 14.6. The summed E-state index contributed by atoms with van der Waals surface area (Å²) in [6, 6.07) is 6.43. The smallest absolute Gasteiger partial charge is 0.279 e. The van der Waals surface area contributed by atoms with E-state index in [-0.39, 0.29) is 24.0 Å². The highest BCUT2D eigenvalue weighted by atomic mass is 79.9. The van der Waals surface area contributed by atoms with Crippen molar-refractivity contribution in [3.05, 3.63) is 57.8 Å². The number of benzene rings is 1. The molecule has 3 aromatic rings. The highest BCUT2D eigenvalue weighted by molar-refractivity contribution is 9.10. The van der Waals surface area contributed by atoms with Gasteiger partial charge in [-0.2, -0.15) is 5.10 Å². The topological polar surface area (TPSA) is 77.6 Å². The Morgan fingerprint density at radius 3 is 2.75 bits per heavy atom. The lowest BCUT2D eigenvalue weighted by molar-refractivity contribution is 0.102. The van der Waals surface area contributed by atoms with Gasteiger partial charge in [0.25, 0.3) is 5.91 Å². The summed E-state index contributed by atoms with van der Waals surface area (Å²) >= 11 is 3.34. The molecule has 0 unspecified atom stereocenters. The van der Waals surface area contributed by atoms with Crippen molar-refractivity contribution in [1.82, 2.24) is 24.5 Å². The van der Waals surface area contributed by atoms with Gasteiger partial charge in [0.15, 0.2) is 5.69 Å². The number of hydrogen-bond acceptors (Lipinski definition) is 4. The van der Waals surface area contributed by atoms with Crippen LogP contribution in [0.1, 0.15) is 21.7 Å². The van der Waals surface area contributed by atoms with E-state index in [0.717, 1.165) is 5.69 Å². The van der Waals surface area contributed by atoms with Gasteiger partial charge in [-0.3, -0.25) is 14.8 Å². The molecule has 0 saturated heterocycles. The number of aromatic nitrogens is 5. The predicted octanol–water partition coefficient (Wildman–Crippen LogP) is 2.52. The van der Waals surface area contributed by atoms with Crippen LogP contribution < -0.4 is 5.32 Å². The number of anilines is 1. The lowest BCUT2D eigenvalue weighted by atomic mass is 10.2. The minimum absolute atomic E-state index is 0.131. The maximum Gasteiger partial charge on any atom is 0.279 e. The van der Waals surface area contributed by atoms with Crippen LogP contribution >= 0.6 is 15.9 Å². The van der Waals surface area contributed by atoms with Crippen molar-refractivity contribution < 1.29 is 9.18 Å². The summed E-state index contributed by atoms with van der Waals surface area (Å²) < 4.78 is 17.3. The third kappa shape index (κ3) is 3.21.